The number of halogens is 3. The van der Waals surface area contributed by atoms with Crippen LogP contribution in [0.4, 0.5) is 18.0 Å². The molecule has 0 spiro atoms. The fraction of sp³-hybridized carbons (Fsp3) is 0.500. The minimum atomic E-state index is -5.08. The molecular formula is C4H5F3N2O3. The summed E-state index contributed by atoms with van der Waals surface area (Å²) < 4.78 is 34.3. The molecule has 12 heavy (non-hydrogen) atoms. The van der Waals surface area contributed by atoms with Crippen LogP contribution in [0.15, 0.2) is 0 Å². The minimum absolute atomic E-state index is 0.00975. The molecule has 0 bridgehead atoms. The van der Waals surface area contributed by atoms with Gasteiger partial charge in [0.15, 0.2) is 0 Å². The summed E-state index contributed by atoms with van der Waals surface area (Å²) in [7, 11) is 0.770. The Bertz CT molecular complexity index is 202. The van der Waals surface area contributed by atoms with Crippen molar-refractivity contribution in [1.82, 2.24) is 10.4 Å². The number of hydrogen-bond donors (Lipinski definition) is 2. The number of carbonyl (C=O) groups is 2. The van der Waals surface area contributed by atoms with Crippen molar-refractivity contribution in [3.05, 3.63) is 0 Å². The topological polar surface area (TPSA) is 69.6 Å². The number of rotatable bonds is 0. The van der Waals surface area contributed by atoms with E-state index >= 15 is 0 Å². The first-order valence-corrected chi connectivity index (χ1v) is 2.59. The lowest BCUT2D eigenvalue weighted by Crippen LogP contribution is -2.48. The first kappa shape index (κ1) is 10.5. The number of carbonyl (C=O) groups excluding carboxylic acids is 1. The third-order valence-electron chi connectivity index (χ3n) is 0.814. The average Bonchev–Trinajstić information content (AvgIpc) is 1.85. The number of hydrogen-bond acceptors (Lipinski definition) is 2. The molecule has 0 fully saturated rings. The maximum absolute atomic E-state index is 11.4. The fourth-order valence-corrected chi connectivity index (χ4v) is 0.264. The molecule has 70 valence electrons. The summed E-state index contributed by atoms with van der Waals surface area (Å²) >= 11 is 0. The van der Waals surface area contributed by atoms with Crippen molar-refractivity contribution in [2.24, 2.45) is 0 Å². The van der Waals surface area contributed by atoms with Crippen LogP contribution < -0.4 is 5.43 Å². The zero-order chi connectivity index (χ0) is 9.94. The highest BCUT2D eigenvalue weighted by atomic mass is 19.4. The van der Waals surface area contributed by atoms with Gasteiger partial charge in [-0.2, -0.15) is 13.2 Å². The molecular weight excluding hydrogens is 181 g/mol. The van der Waals surface area contributed by atoms with Gasteiger partial charge in [0.1, 0.15) is 0 Å². The molecule has 8 heteroatoms. The van der Waals surface area contributed by atoms with E-state index in [4.69, 9.17) is 5.11 Å². The van der Waals surface area contributed by atoms with Gasteiger partial charge in [0.2, 0.25) is 0 Å². The zero-order valence-corrected chi connectivity index (χ0v) is 5.84. The van der Waals surface area contributed by atoms with Crippen molar-refractivity contribution in [2.45, 2.75) is 6.18 Å². The third kappa shape index (κ3) is 3.08. The van der Waals surface area contributed by atoms with Crippen molar-refractivity contribution < 1.29 is 27.9 Å². The lowest BCUT2D eigenvalue weighted by Gasteiger charge is -2.14. The molecule has 0 radical (unpaired) electrons. The highest BCUT2D eigenvalue weighted by Gasteiger charge is 2.39. The Morgan fingerprint density at radius 2 is 1.83 bits per heavy atom. The lowest BCUT2D eigenvalue weighted by atomic mass is 10.6. The van der Waals surface area contributed by atoms with Crippen LogP contribution in [-0.4, -0.2) is 35.3 Å². The van der Waals surface area contributed by atoms with Gasteiger partial charge in [-0.3, -0.25) is 10.2 Å². The Labute approximate surface area is 64.7 Å². The lowest BCUT2D eigenvalue weighted by molar-refractivity contribution is -0.177. The quantitative estimate of drug-likeness (QED) is 0.530. The van der Waals surface area contributed by atoms with Gasteiger partial charge in [-0.1, -0.05) is 0 Å². The Balaban J connectivity index is 4.11. The standard InChI is InChI=1S/C4H5F3N2O3/c1-9(3(11)12)8-2(10)4(5,6)7/h1H3,(H,8,10)(H,11,12). The first-order chi connectivity index (χ1) is 5.25. The third-order valence-corrected chi connectivity index (χ3v) is 0.814. The van der Waals surface area contributed by atoms with Gasteiger partial charge >= 0.3 is 18.2 Å². The van der Waals surface area contributed by atoms with Crippen molar-refractivity contribution in [2.75, 3.05) is 7.05 Å². The van der Waals surface area contributed by atoms with E-state index in [1.165, 1.54) is 0 Å². The number of alkyl halides is 3. The van der Waals surface area contributed by atoms with Gasteiger partial charge < -0.3 is 5.11 Å². The van der Waals surface area contributed by atoms with Crippen LogP contribution in [-0.2, 0) is 4.79 Å². The Hall–Kier alpha value is -1.47. The predicted octanol–water partition coefficient (Wildman–Crippen LogP) is 0.190. The highest BCUT2D eigenvalue weighted by Crippen LogP contribution is 2.13. The van der Waals surface area contributed by atoms with E-state index in [0.717, 1.165) is 12.5 Å². The largest absolute Gasteiger partial charge is 0.472 e. The van der Waals surface area contributed by atoms with E-state index in [0.29, 0.717) is 0 Å². The summed E-state index contributed by atoms with van der Waals surface area (Å²) in [5.41, 5.74) is 1.09. The van der Waals surface area contributed by atoms with E-state index in [1.54, 1.807) is 0 Å². The van der Waals surface area contributed by atoms with E-state index in [2.05, 4.69) is 0 Å². The molecule has 0 aromatic carbocycles. The van der Waals surface area contributed by atoms with Crippen molar-refractivity contribution >= 4 is 12.0 Å². The van der Waals surface area contributed by atoms with Gasteiger partial charge in [0.05, 0.1) is 0 Å². The molecule has 0 saturated heterocycles. The molecule has 0 unspecified atom stereocenters. The molecule has 0 aliphatic carbocycles. The van der Waals surface area contributed by atoms with Crippen LogP contribution in [0.1, 0.15) is 0 Å². The van der Waals surface area contributed by atoms with Crippen LogP contribution >= 0.6 is 0 Å². The normalized spacial score (nSPS) is 10.7. The van der Waals surface area contributed by atoms with E-state index in [-0.39, 0.29) is 5.01 Å². The first-order valence-electron chi connectivity index (χ1n) is 2.59. The van der Waals surface area contributed by atoms with Gasteiger partial charge in [-0.05, 0) is 0 Å². The second kappa shape index (κ2) is 3.28. The molecule has 5 nitrogen and oxygen atoms in total. The molecule has 0 aromatic rings. The number of nitrogens with one attached hydrogen (secondary N) is 1. The Kier molecular flexibility index (Phi) is 2.88. The molecule has 0 heterocycles. The molecule has 0 aromatic heterocycles. The molecule has 0 aliphatic rings. The highest BCUT2D eigenvalue weighted by molar-refractivity contribution is 5.83. The SMILES string of the molecule is CN(NC(=O)C(F)(F)F)C(=O)O. The van der Waals surface area contributed by atoms with Crippen LogP contribution in [0.25, 0.3) is 0 Å². The second-order valence-corrected chi connectivity index (χ2v) is 1.78. The zero-order valence-electron chi connectivity index (χ0n) is 5.84. The number of carboxylic acid groups (broad SMARTS) is 1. The summed E-state index contributed by atoms with van der Waals surface area (Å²) in [5.74, 6) is -2.33. The molecule has 0 atom stereocenters. The number of hydrazine groups is 1. The summed E-state index contributed by atoms with van der Waals surface area (Å²) in [6.45, 7) is 0. The van der Waals surface area contributed by atoms with E-state index in [9.17, 15) is 22.8 Å². The van der Waals surface area contributed by atoms with Crippen LogP contribution in [0, 0.1) is 0 Å². The summed E-state index contributed by atoms with van der Waals surface area (Å²) in [4.78, 5) is 19.9. The van der Waals surface area contributed by atoms with Gasteiger partial charge in [0.25, 0.3) is 0 Å². The average molecular weight is 186 g/mol. The fourth-order valence-electron chi connectivity index (χ4n) is 0.264. The Morgan fingerprint density at radius 3 is 2.08 bits per heavy atom. The van der Waals surface area contributed by atoms with Crippen molar-refractivity contribution in [3.63, 3.8) is 0 Å². The van der Waals surface area contributed by atoms with Crippen molar-refractivity contribution in [3.8, 4) is 0 Å². The van der Waals surface area contributed by atoms with E-state index in [1.807, 2.05) is 0 Å². The monoisotopic (exact) mass is 186 g/mol. The van der Waals surface area contributed by atoms with Gasteiger partial charge in [-0.25, -0.2) is 9.80 Å². The van der Waals surface area contributed by atoms with Gasteiger partial charge in [0, 0.05) is 7.05 Å². The molecule has 0 saturated carbocycles. The maximum atomic E-state index is 11.4. The second-order valence-electron chi connectivity index (χ2n) is 1.78. The molecule has 2 N–H and O–H groups in total. The van der Waals surface area contributed by atoms with Crippen LogP contribution in [0.5, 0.6) is 0 Å². The molecule has 0 aliphatic heterocycles. The molecule has 0 rings (SSSR count). The minimum Gasteiger partial charge on any atom is -0.464 e. The molecule has 2 amide bonds. The Morgan fingerprint density at radius 1 is 1.42 bits per heavy atom. The predicted molar refractivity (Wildman–Crippen MR) is 30.0 cm³/mol. The van der Waals surface area contributed by atoms with Crippen molar-refractivity contribution in [1.29, 1.82) is 0 Å². The summed E-state index contributed by atoms with van der Waals surface area (Å²) in [5, 5.41) is 8.05. The van der Waals surface area contributed by atoms with E-state index < -0.39 is 18.2 Å². The summed E-state index contributed by atoms with van der Waals surface area (Å²) in [6, 6.07) is 0. The maximum Gasteiger partial charge on any atom is 0.472 e. The number of amides is 2. The van der Waals surface area contributed by atoms with Crippen LogP contribution in [0.3, 0.4) is 0 Å². The van der Waals surface area contributed by atoms with Gasteiger partial charge in [-0.15, -0.1) is 0 Å². The smallest absolute Gasteiger partial charge is 0.464 e. The number of nitrogens with zero attached hydrogens (tertiary/aromatic N) is 1. The van der Waals surface area contributed by atoms with Crippen LogP contribution in [0.2, 0.25) is 0 Å². The summed E-state index contributed by atoms with van der Waals surface area (Å²) in [6.07, 6.45) is -6.77.